The molecule has 0 saturated carbocycles. The molecule has 6 nitrogen and oxygen atoms in total. The van der Waals surface area contributed by atoms with E-state index in [0.717, 1.165) is 0 Å². The first-order valence-corrected chi connectivity index (χ1v) is 9.25. The van der Waals surface area contributed by atoms with Crippen LogP contribution in [0, 0.1) is 0 Å². The van der Waals surface area contributed by atoms with Crippen molar-refractivity contribution in [1.29, 1.82) is 0 Å². The fourth-order valence-corrected chi connectivity index (χ4v) is 3.34. The highest BCUT2D eigenvalue weighted by Crippen LogP contribution is 2.25. The Hall–Kier alpha value is -1.64. The van der Waals surface area contributed by atoms with Crippen LogP contribution in [0.15, 0.2) is 28.6 Å². The van der Waals surface area contributed by atoms with Gasteiger partial charge in [-0.25, -0.2) is 0 Å². The van der Waals surface area contributed by atoms with Gasteiger partial charge in [0.2, 0.25) is 11.0 Å². The molecule has 1 aromatic carbocycles. The maximum atomic E-state index is 12.1. The maximum absolute atomic E-state index is 12.1. The Morgan fingerprint density at radius 3 is 2.50 bits per heavy atom. The lowest BCUT2D eigenvalue weighted by molar-refractivity contribution is -0.119. The van der Waals surface area contributed by atoms with E-state index >= 15 is 0 Å². The molecule has 2 N–H and O–H groups in total. The monoisotopic (exact) mass is 384 g/mol. The Bertz CT molecular complexity index is 726. The lowest BCUT2D eigenvalue weighted by atomic mass is 10.1. The van der Waals surface area contributed by atoms with E-state index in [4.69, 9.17) is 11.6 Å². The van der Waals surface area contributed by atoms with Gasteiger partial charge in [-0.3, -0.25) is 14.9 Å². The minimum absolute atomic E-state index is 0.0746. The van der Waals surface area contributed by atoms with E-state index in [2.05, 4.69) is 20.8 Å². The zero-order valence-electron chi connectivity index (χ0n) is 13.4. The van der Waals surface area contributed by atoms with Crippen LogP contribution in [0.5, 0.6) is 0 Å². The molecule has 0 spiro atoms. The first-order chi connectivity index (χ1) is 11.2. The van der Waals surface area contributed by atoms with Crippen LogP contribution in [0.25, 0.3) is 0 Å². The minimum atomic E-state index is -0.287. The molecule has 0 bridgehead atoms. The third-order valence-corrected chi connectivity index (χ3v) is 4.80. The molecule has 2 rings (SSSR count). The van der Waals surface area contributed by atoms with Crippen LogP contribution >= 0.6 is 34.7 Å². The number of carbonyl (C=O) groups excluding carboxylic acids is 2. The van der Waals surface area contributed by atoms with Gasteiger partial charge < -0.3 is 5.32 Å². The average molecular weight is 385 g/mol. The zero-order chi connectivity index (χ0) is 17.7. The van der Waals surface area contributed by atoms with Crippen molar-refractivity contribution < 1.29 is 9.59 Å². The summed E-state index contributed by atoms with van der Waals surface area (Å²) in [6.45, 7) is 5.76. The highest BCUT2D eigenvalue weighted by Gasteiger charge is 2.15. The number of halogens is 1. The summed E-state index contributed by atoms with van der Waals surface area (Å²) >= 11 is 8.29. The smallest absolute Gasteiger partial charge is 0.257 e. The van der Waals surface area contributed by atoms with Crippen molar-refractivity contribution in [1.82, 2.24) is 15.5 Å². The Morgan fingerprint density at radius 2 is 1.88 bits per heavy atom. The summed E-state index contributed by atoms with van der Waals surface area (Å²) in [5, 5.41) is 14.4. The number of nitrogens with zero attached hydrogens (tertiary/aromatic N) is 2. The lowest BCUT2D eigenvalue weighted by Crippen LogP contribution is -2.41. The number of amides is 2. The number of benzene rings is 1. The standard InChI is InChI=1S/C15H17ClN4O2S2/c1-15(2,3)18-11(21)8-23-14-20-19-13(24-14)17-12(22)9-4-6-10(16)7-5-9/h4-7H,8H2,1-3H3,(H,18,21)(H,17,19,22). The fraction of sp³-hybridized carbons (Fsp3) is 0.333. The van der Waals surface area contributed by atoms with Crippen LogP contribution in [-0.2, 0) is 4.79 Å². The quantitative estimate of drug-likeness (QED) is 0.609. The molecule has 2 amide bonds. The van der Waals surface area contributed by atoms with Gasteiger partial charge in [-0.2, -0.15) is 0 Å². The summed E-state index contributed by atoms with van der Waals surface area (Å²) in [4.78, 5) is 23.8. The van der Waals surface area contributed by atoms with Crippen molar-refractivity contribution >= 4 is 51.6 Å². The van der Waals surface area contributed by atoms with Gasteiger partial charge in [0.15, 0.2) is 4.34 Å². The second-order valence-electron chi connectivity index (χ2n) is 5.92. The Morgan fingerprint density at radius 1 is 1.21 bits per heavy atom. The Balaban J connectivity index is 1.88. The molecule has 0 unspecified atom stereocenters. The van der Waals surface area contributed by atoms with Crippen LogP contribution in [0.2, 0.25) is 5.02 Å². The predicted octanol–water partition coefficient (Wildman–Crippen LogP) is 3.45. The van der Waals surface area contributed by atoms with Crippen molar-refractivity contribution in [3.05, 3.63) is 34.9 Å². The second-order valence-corrected chi connectivity index (χ2v) is 8.56. The third kappa shape index (κ3) is 6.10. The molecule has 1 aromatic heterocycles. The number of nitrogens with one attached hydrogen (secondary N) is 2. The number of hydrogen-bond acceptors (Lipinski definition) is 6. The van der Waals surface area contributed by atoms with E-state index in [1.807, 2.05) is 20.8 Å². The lowest BCUT2D eigenvalue weighted by Gasteiger charge is -2.19. The highest BCUT2D eigenvalue weighted by molar-refractivity contribution is 8.01. The van der Waals surface area contributed by atoms with Gasteiger partial charge in [0.05, 0.1) is 5.75 Å². The van der Waals surface area contributed by atoms with Crippen molar-refractivity contribution in [3.8, 4) is 0 Å². The molecule has 0 aliphatic rings. The molecular weight excluding hydrogens is 368 g/mol. The number of aromatic nitrogens is 2. The third-order valence-electron chi connectivity index (χ3n) is 2.57. The zero-order valence-corrected chi connectivity index (χ0v) is 15.8. The largest absolute Gasteiger partial charge is 0.351 e. The fourth-order valence-electron chi connectivity index (χ4n) is 1.67. The van der Waals surface area contributed by atoms with Crippen LogP contribution in [0.3, 0.4) is 0 Å². The number of carbonyl (C=O) groups is 2. The molecule has 1 heterocycles. The number of hydrogen-bond donors (Lipinski definition) is 2. The average Bonchev–Trinajstić information content (AvgIpc) is 2.91. The molecule has 24 heavy (non-hydrogen) atoms. The van der Waals surface area contributed by atoms with Crippen molar-refractivity contribution in [3.63, 3.8) is 0 Å². The van der Waals surface area contributed by atoms with Crippen LogP contribution < -0.4 is 10.6 Å². The van der Waals surface area contributed by atoms with Gasteiger partial charge in [0.25, 0.3) is 5.91 Å². The van der Waals surface area contributed by atoms with E-state index < -0.39 is 0 Å². The predicted molar refractivity (Wildman–Crippen MR) is 97.9 cm³/mol. The van der Waals surface area contributed by atoms with Gasteiger partial charge in [0.1, 0.15) is 0 Å². The summed E-state index contributed by atoms with van der Waals surface area (Å²) < 4.78 is 0.616. The van der Waals surface area contributed by atoms with Gasteiger partial charge in [-0.15, -0.1) is 10.2 Å². The molecule has 0 fully saturated rings. The minimum Gasteiger partial charge on any atom is -0.351 e. The molecule has 0 saturated heterocycles. The van der Waals surface area contributed by atoms with Crippen LogP contribution in [-0.4, -0.2) is 33.3 Å². The normalized spacial score (nSPS) is 11.2. The highest BCUT2D eigenvalue weighted by atomic mass is 35.5. The van der Waals surface area contributed by atoms with Gasteiger partial charge in [-0.05, 0) is 45.0 Å². The maximum Gasteiger partial charge on any atom is 0.257 e. The van der Waals surface area contributed by atoms with Gasteiger partial charge in [0, 0.05) is 16.1 Å². The van der Waals surface area contributed by atoms with Crippen LogP contribution in [0.4, 0.5) is 5.13 Å². The number of rotatable bonds is 5. The number of thioether (sulfide) groups is 1. The van der Waals surface area contributed by atoms with Crippen molar-refractivity contribution in [2.24, 2.45) is 0 Å². The Kier molecular flexibility index (Phi) is 6.20. The molecule has 0 radical (unpaired) electrons. The molecule has 9 heteroatoms. The summed E-state index contributed by atoms with van der Waals surface area (Å²) in [6.07, 6.45) is 0. The van der Waals surface area contributed by atoms with Crippen LogP contribution in [0.1, 0.15) is 31.1 Å². The molecule has 0 aliphatic heterocycles. The summed E-state index contributed by atoms with van der Waals surface area (Å²) in [5.74, 6) is -0.115. The first kappa shape index (κ1) is 18.7. The Labute approximate surface area is 153 Å². The topological polar surface area (TPSA) is 84.0 Å². The van der Waals surface area contributed by atoms with Crippen molar-refractivity contribution in [2.75, 3.05) is 11.1 Å². The van der Waals surface area contributed by atoms with Gasteiger partial charge in [-0.1, -0.05) is 34.7 Å². The van der Waals surface area contributed by atoms with E-state index in [0.29, 0.717) is 20.1 Å². The number of anilines is 1. The molecular formula is C15H17ClN4O2S2. The summed E-state index contributed by atoms with van der Waals surface area (Å²) in [7, 11) is 0. The van der Waals surface area contributed by atoms with E-state index in [-0.39, 0.29) is 23.1 Å². The van der Waals surface area contributed by atoms with E-state index in [9.17, 15) is 9.59 Å². The van der Waals surface area contributed by atoms with E-state index in [1.165, 1.54) is 23.1 Å². The molecule has 0 atom stereocenters. The second kappa shape index (κ2) is 7.96. The van der Waals surface area contributed by atoms with Gasteiger partial charge >= 0.3 is 0 Å². The van der Waals surface area contributed by atoms with E-state index in [1.54, 1.807) is 24.3 Å². The first-order valence-electron chi connectivity index (χ1n) is 7.07. The molecule has 2 aromatic rings. The molecule has 0 aliphatic carbocycles. The summed E-state index contributed by atoms with van der Waals surface area (Å²) in [6, 6.07) is 6.55. The molecule has 128 valence electrons. The summed E-state index contributed by atoms with van der Waals surface area (Å²) in [5.41, 5.74) is 0.213. The van der Waals surface area contributed by atoms with Crippen molar-refractivity contribution in [2.45, 2.75) is 30.6 Å². The SMILES string of the molecule is CC(C)(C)NC(=O)CSc1nnc(NC(=O)c2ccc(Cl)cc2)s1.